The second-order valence-corrected chi connectivity index (χ2v) is 4.51. The third-order valence-electron chi connectivity index (χ3n) is 1.97. The highest BCUT2D eigenvalue weighted by atomic mass is 79.9. The molecule has 0 aromatic heterocycles. The first-order chi connectivity index (χ1) is 8.21. The molecule has 0 unspecified atom stereocenters. The maximum absolute atomic E-state index is 13.0. The second kappa shape index (κ2) is 5.51. The van der Waals surface area contributed by atoms with E-state index in [2.05, 4.69) is 27.8 Å². The summed E-state index contributed by atoms with van der Waals surface area (Å²) in [6, 6.07) is 2.07. The highest BCUT2D eigenvalue weighted by molar-refractivity contribution is 9.11. The van der Waals surface area contributed by atoms with Gasteiger partial charge in [0.15, 0.2) is 0 Å². The third-order valence-corrected chi connectivity index (χ3v) is 2.26. The van der Waals surface area contributed by atoms with E-state index < -0.39 is 23.5 Å². The molecule has 0 spiro atoms. The minimum Gasteiger partial charge on any atom is -0.347 e. The van der Waals surface area contributed by atoms with Crippen molar-refractivity contribution in [3.8, 4) is 0 Å². The first-order valence-corrected chi connectivity index (χ1v) is 5.49. The van der Waals surface area contributed by atoms with Crippen LogP contribution in [-0.4, -0.2) is 12.5 Å². The minimum absolute atomic E-state index is 0.0670. The Kier molecular flexibility index (Phi) is 4.50. The van der Waals surface area contributed by atoms with E-state index in [1.54, 1.807) is 0 Å². The lowest BCUT2D eigenvalue weighted by atomic mass is 10.1. The van der Waals surface area contributed by atoms with Gasteiger partial charge >= 0.3 is 6.18 Å². The van der Waals surface area contributed by atoms with E-state index in [-0.39, 0.29) is 12.1 Å². The van der Waals surface area contributed by atoms with Gasteiger partial charge in [-0.1, -0.05) is 22.5 Å². The van der Waals surface area contributed by atoms with E-state index in [0.29, 0.717) is 16.6 Å². The molecule has 98 valence electrons. The van der Waals surface area contributed by atoms with Crippen molar-refractivity contribution < 1.29 is 22.4 Å². The van der Waals surface area contributed by atoms with Gasteiger partial charge in [-0.05, 0) is 18.2 Å². The van der Waals surface area contributed by atoms with Crippen LogP contribution in [0.25, 0.3) is 0 Å². The monoisotopic (exact) mass is 325 g/mol. The summed E-state index contributed by atoms with van der Waals surface area (Å²) in [6.07, 6.45) is -4.83. The summed E-state index contributed by atoms with van der Waals surface area (Å²) in [5, 5.41) is 2.32. The smallest absolute Gasteiger partial charge is 0.347 e. The summed E-state index contributed by atoms with van der Waals surface area (Å²) < 4.78 is 50.7. The van der Waals surface area contributed by atoms with Crippen LogP contribution in [0.1, 0.15) is 15.9 Å². The van der Waals surface area contributed by atoms with Crippen LogP contribution in [-0.2, 0) is 6.18 Å². The van der Waals surface area contributed by atoms with Crippen LogP contribution >= 0.6 is 15.9 Å². The van der Waals surface area contributed by atoms with Gasteiger partial charge in [-0.25, -0.2) is 4.39 Å². The number of amides is 1. The van der Waals surface area contributed by atoms with Gasteiger partial charge in [0.05, 0.1) is 5.56 Å². The zero-order chi connectivity index (χ0) is 13.9. The van der Waals surface area contributed by atoms with E-state index >= 15 is 0 Å². The molecule has 0 bridgehead atoms. The van der Waals surface area contributed by atoms with Crippen LogP contribution in [0.3, 0.4) is 0 Å². The summed E-state index contributed by atoms with van der Waals surface area (Å²) in [6.45, 7) is 3.52. The van der Waals surface area contributed by atoms with E-state index in [1.807, 2.05) is 0 Å². The number of hydrogen-bond donors (Lipinski definition) is 1. The molecule has 18 heavy (non-hydrogen) atoms. The fourth-order valence-electron chi connectivity index (χ4n) is 1.16. The molecule has 0 aliphatic heterocycles. The maximum Gasteiger partial charge on any atom is 0.419 e. The number of carbonyl (C=O) groups is 1. The quantitative estimate of drug-likeness (QED) is 0.847. The molecular weight excluding hydrogens is 318 g/mol. The molecule has 0 aliphatic rings. The average molecular weight is 326 g/mol. The molecule has 2 nitrogen and oxygen atoms in total. The average Bonchev–Trinajstić information content (AvgIpc) is 2.24. The Morgan fingerprint density at radius 3 is 2.50 bits per heavy atom. The normalized spacial score (nSPS) is 11.2. The molecule has 1 aromatic rings. The second-order valence-electron chi connectivity index (χ2n) is 3.39. The highest BCUT2D eigenvalue weighted by Crippen LogP contribution is 2.31. The summed E-state index contributed by atoms with van der Waals surface area (Å²) in [5.74, 6) is -2.15. The lowest BCUT2D eigenvalue weighted by Crippen LogP contribution is -2.25. The number of rotatable bonds is 3. The molecule has 1 amide bonds. The molecule has 0 saturated heterocycles. The predicted octanol–water partition coefficient (Wildman–Crippen LogP) is 3.48. The van der Waals surface area contributed by atoms with Crippen molar-refractivity contribution in [2.45, 2.75) is 6.18 Å². The van der Waals surface area contributed by atoms with Gasteiger partial charge < -0.3 is 5.32 Å². The molecule has 0 aliphatic carbocycles. The van der Waals surface area contributed by atoms with Crippen molar-refractivity contribution in [3.05, 3.63) is 46.2 Å². The van der Waals surface area contributed by atoms with E-state index in [4.69, 9.17) is 0 Å². The third kappa shape index (κ3) is 3.83. The van der Waals surface area contributed by atoms with Crippen molar-refractivity contribution in [1.29, 1.82) is 0 Å². The van der Waals surface area contributed by atoms with E-state index in [9.17, 15) is 22.4 Å². The van der Waals surface area contributed by atoms with Crippen molar-refractivity contribution in [2.75, 3.05) is 6.54 Å². The number of nitrogens with one attached hydrogen (secondary N) is 1. The molecular formula is C11H8BrF4NO. The number of alkyl halides is 3. The number of carbonyl (C=O) groups excluding carboxylic acids is 1. The van der Waals surface area contributed by atoms with Crippen LogP contribution in [0.2, 0.25) is 0 Å². The van der Waals surface area contributed by atoms with Gasteiger partial charge in [0.2, 0.25) is 0 Å². The summed E-state index contributed by atoms with van der Waals surface area (Å²) in [7, 11) is 0. The SMILES string of the molecule is C=C(Br)CNC(=O)c1ccc(F)c(C(F)(F)F)c1. The van der Waals surface area contributed by atoms with E-state index in [1.165, 1.54) is 0 Å². The summed E-state index contributed by atoms with van der Waals surface area (Å²) in [4.78, 5) is 11.5. The molecule has 0 saturated carbocycles. The van der Waals surface area contributed by atoms with Crippen molar-refractivity contribution in [3.63, 3.8) is 0 Å². The number of halogens is 5. The number of hydrogen-bond acceptors (Lipinski definition) is 1. The molecule has 1 N–H and O–H groups in total. The Morgan fingerprint density at radius 2 is 2.00 bits per heavy atom. The predicted molar refractivity (Wildman–Crippen MR) is 61.8 cm³/mol. The van der Waals surface area contributed by atoms with Crippen LogP contribution < -0.4 is 5.32 Å². The largest absolute Gasteiger partial charge is 0.419 e. The molecule has 0 fully saturated rings. The number of benzene rings is 1. The Labute approximate surface area is 109 Å². The molecule has 0 radical (unpaired) electrons. The Bertz CT molecular complexity index is 484. The first-order valence-electron chi connectivity index (χ1n) is 4.70. The van der Waals surface area contributed by atoms with Crippen LogP contribution in [0.5, 0.6) is 0 Å². The maximum atomic E-state index is 13.0. The lowest BCUT2D eigenvalue weighted by Gasteiger charge is -2.10. The minimum atomic E-state index is -4.83. The Hall–Kier alpha value is -1.37. The van der Waals surface area contributed by atoms with Gasteiger partial charge in [0.25, 0.3) is 5.91 Å². The Balaban J connectivity index is 2.98. The van der Waals surface area contributed by atoms with Crippen LogP contribution in [0.4, 0.5) is 17.6 Å². The van der Waals surface area contributed by atoms with Crippen molar-refractivity contribution in [2.24, 2.45) is 0 Å². The van der Waals surface area contributed by atoms with Gasteiger partial charge in [-0.15, -0.1) is 0 Å². The zero-order valence-corrected chi connectivity index (χ0v) is 10.5. The molecule has 0 atom stereocenters. The van der Waals surface area contributed by atoms with Crippen molar-refractivity contribution >= 4 is 21.8 Å². The van der Waals surface area contributed by atoms with Crippen LogP contribution in [0, 0.1) is 5.82 Å². The van der Waals surface area contributed by atoms with Gasteiger partial charge in [0.1, 0.15) is 5.82 Å². The first kappa shape index (κ1) is 14.7. The van der Waals surface area contributed by atoms with Gasteiger partial charge in [-0.2, -0.15) is 13.2 Å². The summed E-state index contributed by atoms with van der Waals surface area (Å²) in [5.41, 5.74) is -1.73. The fraction of sp³-hybridized carbons (Fsp3) is 0.182. The zero-order valence-electron chi connectivity index (χ0n) is 8.94. The van der Waals surface area contributed by atoms with Gasteiger partial charge in [0, 0.05) is 16.6 Å². The topological polar surface area (TPSA) is 29.1 Å². The fourth-order valence-corrected chi connectivity index (χ4v) is 1.30. The van der Waals surface area contributed by atoms with Crippen LogP contribution in [0.15, 0.2) is 29.3 Å². The molecule has 1 aromatic carbocycles. The molecule has 0 heterocycles. The summed E-state index contributed by atoms with van der Waals surface area (Å²) >= 11 is 2.98. The standard InChI is InChI=1S/C11H8BrF4NO/c1-6(12)5-17-10(18)7-2-3-9(13)8(4-7)11(14,15)16/h2-4H,1,5H2,(H,17,18). The van der Waals surface area contributed by atoms with Gasteiger partial charge in [-0.3, -0.25) is 4.79 Å². The molecule has 7 heteroatoms. The van der Waals surface area contributed by atoms with Crippen molar-refractivity contribution in [1.82, 2.24) is 5.32 Å². The highest BCUT2D eigenvalue weighted by Gasteiger charge is 2.34. The Morgan fingerprint density at radius 1 is 1.39 bits per heavy atom. The molecule has 1 rings (SSSR count). The lowest BCUT2D eigenvalue weighted by molar-refractivity contribution is -0.140. The van der Waals surface area contributed by atoms with E-state index in [0.717, 1.165) is 6.07 Å².